The molecule has 3 rings (SSSR count). The molecule has 14 heteroatoms. The van der Waals surface area contributed by atoms with Crippen molar-refractivity contribution in [2.75, 3.05) is 20.6 Å². The minimum atomic E-state index is -5.34. The number of rotatable bonds is 14. The highest BCUT2D eigenvalue weighted by molar-refractivity contribution is 5.84. The number of carbonyl (C=O) groups is 2. The van der Waals surface area contributed by atoms with E-state index >= 15 is 8.78 Å². The summed E-state index contributed by atoms with van der Waals surface area (Å²) < 4.78 is 118. The zero-order valence-corrected chi connectivity index (χ0v) is 29.5. The predicted octanol–water partition coefficient (Wildman–Crippen LogP) is 9.06. The van der Waals surface area contributed by atoms with Crippen LogP contribution in [-0.2, 0) is 28.4 Å². The molecule has 1 N–H and O–H groups in total. The Morgan fingerprint density at radius 3 is 1.92 bits per heavy atom. The smallest absolute Gasteiger partial charge is 0.419 e. The molecule has 2 aromatic carbocycles. The Bertz CT molecular complexity index is 1800. The lowest BCUT2D eigenvalue weighted by atomic mass is 9.82. The molecule has 51 heavy (non-hydrogen) atoms. The Labute approximate surface area is 291 Å². The fourth-order valence-electron chi connectivity index (χ4n) is 6.61. The van der Waals surface area contributed by atoms with Crippen LogP contribution < -0.4 is 5.56 Å². The van der Waals surface area contributed by atoms with Crippen molar-refractivity contribution in [2.45, 2.75) is 91.0 Å². The van der Waals surface area contributed by atoms with Crippen LogP contribution in [0.15, 0.2) is 35.3 Å². The molecule has 0 saturated carbocycles. The molecule has 1 unspecified atom stereocenters. The highest BCUT2D eigenvalue weighted by atomic mass is 19.4. The number of ketones is 1. The summed E-state index contributed by atoms with van der Waals surface area (Å²) in [5.41, 5.74) is -4.96. The van der Waals surface area contributed by atoms with E-state index in [1.807, 2.05) is 0 Å². The van der Waals surface area contributed by atoms with Crippen molar-refractivity contribution in [2.24, 2.45) is 5.92 Å². The Hall–Kier alpha value is -4.07. The predicted molar refractivity (Wildman–Crippen MR) is 177 cm³/mol. The number of aromatic nitrogens is 1. The van der Waals surface area contributed by atoms with Gasteiger partial charge in [0.2, 0.25) is 0 Å². The highest BCUT2D eigenvalue weighted by Crippen LogP contribution is 2.44. The van der Waals surface area contributed by atoms with Crippen LogP contribution in [0.25, 0.3) is 11.1 Å². The first-order valence-electron chi connectivity index (χ1n) is 16.3. The van der Waals surface area contributed by atoms with Gasteiger partial charge in [-0.15, -0.1) is 0 Å². The summed E-state index contributed by atoms with van der Waals surface area (Å²) in [6, 6.07) is 2.33. The summed E-state index contributed by atoms with van der Waals surface area (Å²) in [5.74, 6) is -8.59. The summed E-state index contributed by atoms with van der Waals surface area (Å²) in [4.78, 5) is 41.0. The molecule has 0 amide bonds. The molecular weight excluding hydrogens is 688 g/mol. The van der Waals surface area contributed by atoms with Gasteiger partial charge >= 0.3 is 18.3 Å². The molecule has 1 aromatic heterocycles. The monoisotopic (exact) mass is 730 g/mol. The van der Waals surface area contributed by atoms with E-state index in [0.29, 0.717) is 29.8 Å². The van der Waals surface area contributed by atoms with Gasteiger partial charge in [-0.3, -0.25) is 14.4 Å². The van der Waals surface area contributed by atoms with Crippen molar-refractivity contribution in [3.63, 3.8) is 0 Å². The van der Waals surface area contributed by atoms with E-state index in [1.165, 1.54) is 13.8 Å². The topological polar surface area (TPSA) is 79.6 Å². The van der Waals surface area contributed by atoms with Crippen molar-refractivity contribution < 1.29 is 49.8 Å². The highest BCUT2D eigenvalue weighted by Gasteiger charge is 2.41. The molecule has 6 nitrogen and oxygen atoms in total. The number of carbonyl (C=O) groups excluding carboxylic acids is 1. The molecular formula is C37H42F8N2O4. The summed E-state index contributed by atoms with van der Waals surface area (Å²) in [5, 5.41) is 9.74. The lowest BCUT2D eigenvalue weighted by Crippen LogP contribution is -2.33. The van der Waals surface area contributed by atoms with E-state index in [4.69, 9.17) is 0 Å². The molecule has 0 bridgehead atoms. The van der Waals surface area contributed by atoms with Crippen LogP contribution in [0.5, 0.6) is 0 Å². The number of Topliss-reactive ketones (excluding diaryl/α,β-unsaturated/α-hetero) is 1. The Balaban J connectivity index is 2.27. The van der Waals surface area contributed by atoms with E-state index in [1.54, 1.807) is 51.9 Å². The van der Waals surface area contributed by atoms with Crippen molar-refractivity contribution in [1.82, 2.24) is 9.47 Å². The molecule has 0 spiro atoms. The fraction of sp³-hybridized carbons (Fsp3) is 0.486. The number of aryl methyl sites for hydroxylation is 4. The minimum absolute atomic E-state index is 0.0287. The SMILES string of the molecule is Cc1cc(C)c(-c2cc(C(F)(F)F)c(F)c([C@H](CC(=O)O)CC(=O)C(CC(C)C)n3cc(CCCN(C)C)c(C(F)(F)F)cc3=O)c2F)c(C)c1. The van der Waals surface area contributed by atoms with Crippen molar-refractivity contribution in [3.05, 3.63) is 91.4 Å². The van der Waals surface area contributed by atoms with Gasteiger partial charge in [0.15, 0.2) is 5.78 Å². The number of hydrogen-bond acceptors (Lipinski definition) is 4. The molecule has 0 aliphatic rings. The average Bonchev–Trinajstić information content (AvgIpc) is 2.95. The van der Waals surface area contributed by atoms with Gasteiger partial charge in [0.1, 0.15) is 11.6 Å². The number of alkyl halides is 6. The third-order valence-electron chi connectivity index (χ3n) is 8.69. The van der Waals surface area contributed by atoms with Crippen LogP contribution in [0.4, 0.5) is 35.1 Å². The van der Waals surface area contributed by atoms with Crippen molar-refractivity contribution >= 4 is 11.8 Å². The Kier molecular flexibility index (Phi) is 13.0. The van der Waals surface area contributed by atoms with Gasteiger partial charge in [0, 0.05) is 35.7 Å². The molecule has 1 heterocycles. The molecule has 0 radical (unpaired) electrons. The second-order valence-electron chi connectivity index (χ2n) is 13.8. The van der Waals surface area contributed by atoms with Crippen LogP contribution in [0.2, 0.25) is 0 Å². The first-order chi connectivity index (χ1) is 23.4. The van der Waals surface area contributed by atoms with E-state index in [-0.39, 0.29) is 36.3 Å². The molecule has 0 aliphatic carbocycles. The number of pyridine rings is 1. The van der Waals surface area contributed by atoms with Gasteiger partial charge in [-0.05, 0) is 94.9 Å². The van der Waals surface area contributed by atoms with E-state index < -0.39 is 88.4 Å². The summed E-state index contributed by atoms with van der Waals surface area (Å²) >= 11 is 0. The molecule has 0 fully saturated rings. The van der Waals surface area contributed by atoms with Gasteiger partial charge in [0.05, 0.1) is 23.6 Å². The maximum absolute atomic E-state index is 16.5. The van der Waals surface area contributed by atoms with E-state index in [0.717, 1.165) is 16.3 Å². The Morgan fingerprint density at radius 1 is 0.863 bits per heavy atom. The molecule has 280 valence electrons. The summed E-state index contributed by atoms with van der Waals surface area (Å²) in [7, 11) is 3.44. The van der Waals surface area contributed by atoms with Gasteiger partial charge in [-0.25, -0.2) is 8.78 Å². The number of benzene rings is 2. The number of halogens is 8. The Morgan fingerprint density at radius 2 is 1.43 bits per heavy atom. The first-order valence-corrected chi connectivity index (χ1v) is 16.3. The van der Waals surface area contributed by atoms with Crippen molar-refractivity contribution in [1.29, 1.82) is 0 Å². The maximum Gasteiger partial charge on any atom is 0.419 e. The quantitative estimate of drug-likeness (QED) is 0.168. The van der Waals surface area contributed by atoms with E-state index in [9.17, 15) is 45.8 Å². The number of carboxylic acids is 1. The second kappa shape index (κ2) is 16.1. The molecule has 3 aromatic rings. The first kappa shape index (κ1) is 41.4. The van der Waals surface area contributed by atoms with Crippen LogP contribution in [0.3, 0.4) is 0 Å². The maximum atomic E-state index is 16.5. The third kappa shape index (κ3) is 10.0. The zero-order chi connectivity index (χ0) is 38.7. The molecule has 2 atom stereocenters. The van der Waals surface area contributed by atoms with Gasteiger partial charge in [-0.1, -0.05) is 31.5 Å². The lowest BCUT2D eigenvalue weighted by molar-refractivity contribution is -0.140. The van der Waals surface area contributed by atoms with E-state index in [2.05, 4.69) is 0 Å². The molecule has 0 saturated heterocycles. The van der Waals surface area contributed by atoms with Crippen LogP contribution in [0.1, 0.15) is 90.4 Å². The standard InChI is InChI=1S/C37H42F8N2O4/c1-19(2)11-28(47-18-23(9-8-10-46(6)7)26(17-30(47)49)36(40,41)42)29(48)14-24(15-31(50)51)33-34(38)25(16-27(35(33)39)37(43,44)45)32-21(4)12-20(3)13-22(32)5/h12-13,16-19,24,28H,8-11,14-15H2,1-7H3,(H,50,51)/t24-,28?/m0/s1. The van der Waals surface area contributed by atoms with Crippen molar-refractivity contribution in [3.8, 4) is 11.1 Å². The summed E-state index contributed by atoms with van der Waals surface area (Å²) in [6.07, 6.45) is -11.5. The normalized spacial score (nSPS) is 13.6. The van der Waals surface area contributed by atoms with Gasteiger partial charge in [0.25, 0.3) is 5.56 Å². The van der Waals surface area contributed by atoms with Crippen LogP contribution in [-0.4, -0.2) is 47.0 Å². The van der Waals surface area contributed by atoms with Crippen LogP contribution in [0, 0.1) is 38.3 Å². The van der Waals surface area contributed by atoms with Crippen LogP contribution >= 0.6 is 0 Å². The van der Waals surface area contributed by atoms with Gasteiger partial charge in [-0.2, -0.15) is 26.3 Å². The third-order valence-corrected chi connectivity index (χ3v) is 8.69. The number of hydrogen-bond donors (Lipinski definition) is 1. The fourth-order valence-corrected chi connectivity index (χ4v) is 6.61. The average molecular weight is 731 g/mol. The minimum Gasteiger partial charge on any atom is -0.481 e. The molecule has 0 aliphatic heterocycles. The zero-order valence-electron chi connectivity index (χ0n) is 29.5. The number of aliphatic carboxylic acids is 1. The second-order valence-corrected chi connectivity index (χ2v) is 13.8. The van der Waals surface area contributed by atoms with Gasteiger partial charge < -0.3 is 14.6 Å². The largest absolute Gasteiger partial charge is 0.481 e. The number of nitrogens with zero attached hydrogens (tertiary/aromatic N) is 2. The summed E-state index contributed by atoms with van der Waals surface area (Å²) in [6.45, 7) is 8.46. The number of carboxylic acid groups (broad SMARTS) is 1. The lowest BCUT2D eigenvalue weighted by Gasteiger charge is -2.26.